The van der Waals surface area contributed by atoms with Gasteiger partial charge in [-0.1, -0.05) is 16.8 Å². The highest BCUT2D eigenvalue weighted by Gasteiger charge is 2.19. The van der Waals surface area contributed by atoms with Crippen LogP contribution in [0.4, 0.5) is 20.3 Å². The first-order valence-corrected chi connectivity index (χ1v) is 8.96. The molecular formula is C19H15ClF2N6O3. The van der Waals surface area contributed by atoms with Crippen molar-refractivity contribution in [1.29, 1.82) is 0 Å². The molecule has 3 rings (SSSR count). The summed E-state index contributed by atoms with van der Waals surface area (Å²) in [5.74, 6) is -3.82. The Morgan fingerprint density at radius 2 is 1.84 bits per heavy atom. The van der Waals surface area contributed by atoms with Crippen molar-refractivity contribution in [3.8, 4) is 0 Å². The Morgan fingerprint density at radius 1 is 1.19 bits per heavy atom. The van der Waals surface area contributed by atoms with Crippen molar-refractivity contribution >= 4 is 40.8 Å². The monoisotopic (exact) mass is 448 g/mol. The molecule has 0 atom stereocenters. The van der Waals surface area contributed by atoms with Gasteiger partial charge < -0.3 is 21.2 Å². The predicted molar refractivity (Wildman–Crippen MR) is 110 cm³/mol. The summed E-state index contributed by atoms with van der Waals surface area (Å²) in [5, 5.41) is 20.0. The smallest absolute Gasteiger partial charge is 0.276 e. The molecule has 5 N–H and O–H groups in total. The number of halogens is 3. The van der Waals surface area contributed by atoms with Crippen molar-refractivity contribution in [2.75, 3.05) is 17.3 Å². The SMILES string of the molecule is CN(C(=O)c1cc(NC(=O)c2cc(F)c(F)cc2Cl)n[nH]1)c1ccc(/C(N)=N/O)cc1. The van der Waals surface area contributed by atoms with Crippen LogP contribution in [0.1, 0.15) is 26.4 Å². The number of hydrogen-bond acceptors (Lipinski definition) is 5. The van der Waals surface area contributed by atoms with Crippen molar-refractivity contribution in [2.24, 2.45) is 10.9 Å². The lowest BCUT2D eigenvalue weighted by atomic mass is 10.2. The molecule has 12 heteroatoms. The molecule has 0 spiro atoms. The van der Waals surface area contributed by atoms with Crippen molar-refractivity contribution in [3.05, 3.63) is 75.9 Å². The molecule has 0 unspecified atom stereocenters. The largest absolute Gasteiger partial charge is 0.409 e. The number of H-pyrrole nitrogens is 1. The quantitative estimate of drug-likeness (QED) is 0.156. The number of aromatic amines is 1. The molecule has 1 heterocycles. The minimum absolute atomic E-state index is 0.0233. The molecule has 1 aromatic heterocycles. The van der Waals surface area contributed by atoms with E-state index in [2.05, 4.69) is 20.7 Å². The van der Waals surface area contributed by atoms with Gasteiger partial charge in [0.15, 0.2) is 23.3 Å². The van der Waals surface area contributed by atoms with E-state index in [9.17, 15) is 18.4 Å². The number of aromatic nitrogens is 2. The molecule has 9 nitrogen and oxygen atoms in total. The lowest BCUT2D eigenvalue weighted by Gasteiger charge is -2.16. The molecule has 0 bridgehead atoms. The van der Waals surface area contributed by atoms with Gasteiger partial charge in [-0.15, -0.1) is 0 Å². The number of nitrogens with two attached hydrogens (primary N) is 1. The first-order chi connectivity index (χ1) is 14.7. The first kappa shape index (κ1) is 21.7. The van der Waals surface area contributed by atoms with E-state index in [1.54, 1.807) is 24.3 Å². The molecule has 3 aromatic rings. The predicted octanol–water partition coefficient (Wildman–Crippen LogP) is 2.96. The van der Waals surface area contributed by atoms with Crippen molar-refractivity contribution < 1.29 is 23.6 Å². The average Bonchev–Trinajstić information content (AvgIpc) is 3.23. The maximum Gasteiger partial charge on any atom is 0.276 e. The summed E-state index contributed by atoms with van der Waals surface area (Å²) in [6.07, 6.45) is 0. The van der Waals surface area contributed by atoms with Crippen molar-refractivity contribution in [3.63, 3.8) is 0 Å². The van der Waals surface area contributed by atoms with Gasteiger partial charge in [0.2, 0.25) is 0 Å². The van der Waals surface area contributed by atoms with E-state index in [0.717, 1.165) is 0 Å². The second kappa shape index (κ2) is 8.79. The van der Waals surface area contributed by atoms with Gasteiger partial charge in [0.25, 0.3) is 11.8 Å². The number of nitrogens with one attached hydrogen (secondary N) is 2. The Balaban J connectivity index is 1.73. The van der Waals surface area contributed by atoms with Crippen LogP contribution in [-0.4, -0.2) is 40.1 Å². The second-order valence-electron chi connectivity index (χ2n) is 6.26. The molecule has 31 heavy (non-hydrogen) atoms. The summed E-state index contributed by atoms with van der Waals surface area (Å²) in [6.45, 7) is 0. The highest BCUT2D eigenvalue weighted by atomic mass is 35.5. The fourth-order valence-corrected chi connectivity index (χ4v) is 2.82. The molecule has 0 fully saturated rings. The van der Waals surface area contributed by atoms with Crippen LogP contribution in [0.15, 0.2) is 47.6 Å². The fraction of sp³-hybridized carbons (Fsp3) is 0.0526. The van der Waals surface area contributed by atoms with Gasteiger partial charge in [-0.3, -0.25) is 14.7 Å². The molecule has 0 aliphatic heterocycles. The van der Waals surface area contributed by atoms with E-state index in [1.807, 2.05) is 0 Å². The van der Waals surface area contributed by atoms with Crippen LogP contribution in [-0.2, 0) is 0 Å². The van der Waals surface area contributed by atoms with Crippen molar-refractivity contribution in [2.45, 2.75) is 0 Å². The molecule has 2 amide bonds. The number of amidine groups is 1. The molecule has 2 aromatic carbocycles. The van der Waals surface area contributed by atoms with Crippen LogP contribution in [0, 0.1) is 11.6 Å². The number of hydrogen-bond donors (Lipinski definition) is 4. The van der Waals surface area contributed by atoms with Crippen LogP contribution < -0.4 is 16.0 Å². The highest BCUT2D eigenvalue weighted by molar-refractivity contribution is 6.34. The fourth-order valence-electron chi connectivity index (χ4n) is 2.59. The molecular weight excluding hydrogens is 434 g/mol. The number of carbonyl (C=O) groups excluding carboxylic acids is 2. The Labute approximate surface area is 179 Å². The number of anilines is 2. The molecule has 0 aliphatic rings. The van der Waals surface area contributed by atoms with Gasteiger partial charge in [0.05, 0.1) is 10.6 Å². The number of rotatable bonds is 5. The van der Waals surface area contributed by atoms with Gasteiger partial charge in [-0.2, -0.15) is 5.10 Å². The topological polar surface area (TPSA) is 137 Å². The standard InChI is InChI=1S/C19H15ClF2N6O3/c1-28(10-4-2-9(3-5-10)17(23)27-31)19(30)15-8-16(26-25-15)24-18(29)11-6-13(21)14(22)7-12(11)20/h2-8,31H,1H3,(H2,23,27)(H2,24,25,26,29). The normalized spacial score (nSPS) is 11.3. The van der Waals surface area contributed by atoms with E-state index >= 15 is 0 Å². The van der Waals surface area contributed by atoms with E-state index in [4.69, 9.17) is 22.5 Å². The number of oxime groups is 1. The van der Waals surface area contributed by atoms with E-state index in [0.29, 0.717) is 23.4 Å². The van der Waals surface area contributed by atoms with Crippen LogP contribution >= 0.6 is 11.6 Å². The molecule has 160 valence electrons. The van der Waals surface area contributed by atoms with E-state index in [1.165, 1.54) is 18.0 Å². The second-order valence-corrected chi connectivity index (χ2v) is 6.67. The summed E-state index contributed by atoms with van der Waals surface area (Å²) in [6, 6.07) is 8.94. The minimum Gasteiger partial charge on any atom is -0.409 e. The third kappa shape index (κ3) is 4.61. The maximum absolute atomic E-state index is 13.4. The molecule has 0 saturated heterocycles. The van der Waals surface area contributed by atoms with Gasteiger partial charge in [0.1, 0.15) is 5.69 Å². The number of amides is 2. The van der Waals surface area contributed by atoms with E-state index < -0.39 is 23.4 Å². The summed E-state index contributed by atoms with van der Waals surface area (Å²) in [5.41, 5.74) is 6.24. The van der Waals surface area contributed by atoms with Crippen molar-refractivity contribution in [1.82, 2.24) is 10.2 Å². The van der Waals surface area contributed by atoms with Gasteiger partial charge >= 0.3 is 0 Å². The summed E-state index contributed by atoms with van der Waals surface area (Å²) < 4.78 is 26.6. The number of carbonyl (C=O) groups is 2. The Hall–Kier alpha value is -3.99. The van der Waals surface area contributed by atoms with Crippen LogP contribution in [0.5, 0.6) is 0 Å². The zero-order valence-corrected chi connectivity index (χ0v) is 16.6. The zero-order chi connectivity index (χ0) is 22.7. The van der Waals surface area contributed by atoms with Gasteiger partial charge in [-0.25, -0.2) is 8.78 Å². The Bertz CT molecular complexity index is 1180. The van der Waals surface area contributed by atoms with Crippen LogP contribution in [0.2, 0.25) is 5.02 Å². The minimum atomic E-state index is -1.23. The highest BCUT2D eigenvalue weighted by Crippen LogP contribution is 2.22. The Kier molecular flexibility index (Phi) is 6.16. The third-order valence-corrected chi connectivity index (χ3v) is 4.58. The Morgan fingerprint density at radius 3 is 2.48 bits per heavy atom. The summed E-state index contributed by atoms with van der Waals surface area (Å²) >= 11 is 5.78. The van der Waals surface area contributed by atoms with Crippen LogP contribution in [0.3, 0.4) is 0 Å². The summed E-state index contributed by atoms with van der Waals surface area (Å²) in [7, 11) is 1.51. The average molecular weight is 449 g/mol. The third-order valence-electron chi connectivity index (χ3n) is 4.27. The van der Waals surface area contributed by atoms with Gasteiger partial charge in [0, 0.05) is 24.4 Å². The zero-order valence-electron chi connectivity index (χ0n) is 15.9. The number of nitrogens with zero attached hydrogens (tertiary/aromatic N) is 3. The van der Waals surface area contributed by atoms with Gasteiger partial charge in [-0.05, 0) is 36.4 Å². The number of benzene rings is 2. The molecule has 0 saturated carbocycles. The lowest BCUT2D eigenvalue weighted by molar-refractivity contribution is 0.0986. The van der Waals surface area contributed by atoms with E-state index in [-0.39, 0.29) is 27.9 Å². The van der Waals surface area contributed by atoms with Crippen LogP contribution in [0.25, 0.3) is 0 Å². The molecule has 0 aliphatic carbocycles. The lowest BCUT2D eigenvalue weighted by Crippen LogP contribution is -2.26. The molecule has 0 radical (unpaired) electrons. The maximum atomic E-state index is 13.4. The first-order valence-electron chi connectivity index (χ1n) is 8.58. The summed E-state index contributed by atoms with van der Waals surface area (Å²) in [4.78, 5) is 26.2.